The molecule has 0 aliphatic rings. The van der Waals surface area contributed by atoms with Gasteiger partial charge in [-0.05, 0) is 12.3 Å². The van der Waals surface area contributed by atoms with E-state index in [1.165, 1.54) is 0 Å². The molecule has 2 atom stereocenters. The van der Waals surface area contributed by atoms with Crippen molar-refractivity contribution in [2.75, 3.05) is 0 Å². The first-order valence-corrected chi connectivity index (χ1v) is 5.42. The zero-order chi connectivity index (χ0) is 9.94. The molecule has 5 N–H and O–H groups in total. The molecule has 2 unspecified atom stereocenters. The van der Waals surface area contributed by atoms with Gasteiger partial charge in [-0.1, -0.05) is 13.8 Å². The third-order valence-corrected chi connectivity index (χ3v) is 2.54. The van der Waals surface area contributed by atoms with Crippen molar-refractivity contribution in [2.45, 2.75) is 32.2 Å². The van der Waals surface area contributed by atoms with Gasteiger partial charge < -0.3 is 20.6 Å². The molecule has 0 rings (SSSR count). The van der Waals surface area contributed by atoms with Crippen LogP contribution < -0.4 is 5.73 Å². The molecular formula is C6H17ClNO4P. The first-order valence-electron chi connectivity index (χ1n) is 3.74. The fourth-order valence-electron chi connectivity index (χ4n) is 0.915. The second-order valence-electron chi connectivity index (χ2n) is 3.30. The third-order valence-electron chi connectivity index (χ3n) is 1.47. The summed E-state index contributed by atoms with van der Waals surface area (Å²) < 4.78 is 10.5. The number of rotatable bonds is 4. The van der Waals surface area contributed by atoms with E-state index in [9.17, 15) is 4.57 Å². The second kappa shape index (κ2) is 5.96. The third kappa shape index (κ3) is 6.43. The van der Waals surface area contributed by atoms with Gasteiger partial charge in [0.25, 0.3) is 0 Å². The van der Waals surface area contributed by atoms with Crippen molar-refractivity contribution in [1.82, 2.24) is 0 Å². The molecule has 0 aromatic rings. The van der Waals surface area contributed by atoms with Crippen molar-refractivity contribution in [3.8, 4) is 0 Å². The molecule has 0 radical (unpaired) electrons. The van der Waals surface area contributed by atoms with Gasteiger partial charge in [0.2, 0.25) is 0 Å². The lowest BCUT2D eigenvalue weighted by Gasteiger charge is -2.20. The van der Waals surface area contributed by atoms with Crippen molar-refractivity contribution in [3.05, 3.63) is 0 Å². The van der Waals surface area contributed by atoms with Crippen molar-refractivity contribution in [2.24, 2.45) is 11.7 Å². The van der Waals surface area contributed by atoms with Crippen LogP contribution in [0.1, 0.15) is 20.3 Å². The molecule has 7 heteroatoms. The maximum absolute atomic E-state index is 10.5. The molecule has 0 aliphatic carbocycles. The van der Waals surface area contributed by atoms with Crippen LogP contribution in [0.15, 0.2) is 0 Å². The summed E-state index contributed by atoms with van der Waals surface area (Å²) in [4.78, 5) is 17.1. The van der Waals surface area contributed by atoms with Gasteiger partial charge in [-0.2, -0.15) is 0 Å². The van der Waals surface area contributed by atoms with Gasteiger partial charge in [-0.25, -0.2) is 0 Å². The Balaban J connectivity index is 0. The topological polar surface area (TPSA) is 104 Å². The highest BCUT2D eigenvalue weighted by Gasteiger charge is 2.32. The molecule has 0 aromatic carbocycles. The van der Waals surface area contributed by atoms with Gasteiger partial charge in [0.1, 0.15) is 0 Å². The smallest absolute Gasteiger partial charge is 0.355 e. The summed E-state index contributed by atoms with van der Waals surface area (Å²) in [6.07, 6.45) is 0.395. The molecule has 0 heterocycles. The summed E-state index contributed by atoms with van der Waals surface area (Å²) in [5, 5.41) is 9.01. The van der Waals surface area contributed by atoms with Gasteiger partial charge in [0.05, 0.1) is 0 Å². The predicted molar refractivity (Wildman–Crippen MR) is 52.7 cm³/mol. The molecule has 0 aliphatic heterocycles. The van der Waals surface area contributed by atoms with Crippen LogP contribution >= 0.6 is 20.0 Å². The van der Waals surface area contributed by atoms with Crippen LogP contribution in [0.4, 0.5) is 0 Å². The highest BCUT2D eigenvalue weighted by Crippen LogP contribution is 2.41. The summed E-state index contributed by atoms with van der Waals surface area (Å²) in [7, 11) is -4.44. The first kappa shape index (κ1) is 15.8. The van der Waals surface area contributed by atoms with E-state index in [0.717, 1.165) is 0 Å². The largest absolute Gasteiger partial charge is 0.379 e. The van der Waals surface area contributed by atoms with Gasteiger partial charge in [-0.3, -0.25) is 4.57 Å². The summed E-state index contributed by atoms with van der Waals surface area (Å²) >= 11 is 0. The first-order chi connectivity index (χ1) is 5.25. The number of hydrogen-bond donors (Lipinski definition) is 4. The fraction of sp³-hybridized carbons (Fsp3) is 1.00. The summed E-state index contributed by atoms with van der Waals surface area (Å²) in [5.41, 5.74) is 5.36. The average molecular weight is 234 g/mol. The van der Waals surface area contributed by atoms with E-state index in [1.54, 1.807) is 0 Å². The Morgan fingerprint density at radius 3 is 2.00 bits per heavy atom. The van der Waals surface area contributed by atoms with E-state index >= 15 is 0 Å². The van der Waals surface area contributed by atoms with Gasteiger partial charge in [0.15, 0.2) is 5.85 Å². The molecule has 0 spiro atoms. The fourth-order valence-corrected chi connectivity index (χ4v) is 1.54. The number of aliphatic hydroxyl groups excluding tert-OH is 1. The Morgan fingerprint density at radius 1 is 1.38 bits per heavy atom. The molecule has 0 bridgehead atoms. The van der Waals surface area contributed by atoms with E-state index in [4.69, 9.17) is 20.6 Å². The zero-order valence-corrected chi connectivity index (χ0v) is 9.33. The normalized spacial score (nSPS) is 16.5. The van der Waals surface area contributed by atoms with Crippen molar-refractivity contribution in [1.29, 1.82) is 0 Å². The van der Waals surface area contributed by atoms with Crippen molar-refractivity contribution >= 4 is 20.0 Å². The quantitative estimate of drug-likeness (QED) is 0.522. The second-order valence-corrected chi connectivity index (χ2v) is 5.00. The number of hydrogen-bond acceptors (Lipinski definition) is 3. The maximum atomic E-state index is 10.5. The zero-order valence-electron chi connectivity index (χ0n) is 7.62. The molecule has 5 nitrogen and oxygen atoms in total. The Labute approximate surface area is 83.9 Å². The minimum Gasteiger partial charge on any atom is -0.379 e. The van der Waals surface area contributed by atoms with Crippen LogP contribution in [0.5, 0.6) is 0 Å². The molecule has 0 saturated heterocycles. The van der Waals surface area contributed by atoms with Gasteiger partial charge in [-0.15, -0.1) is 12.4 Å². The molecule has 0 amide bonds. The Bertz CT molecular complexity index is 183. The van der Waals surface area contributed by atoms with Crippen LogP contribution in [0, 0.1) is 5.92 Å². The van der Waals surface area contributed by atoms with Crippen molar-refractivity contribution < 1.29 is 19.5 Å². The molecule has 82 valence electrons. The molecule has 0 aromatic heterocycles. The summed E-state index contributed by atoms with van der Waals surface area (Å²) in [6, 6.07) is -0.856. The summed E-state index contributed by atoms with van der Waals surface area (Å²) in [6.45, 7) is 3.73. The SMILES string of the molecule is CC(C)CC(N)C(O)P(=O)(O)O.Cl. The molecule has 0 saturated carbocycles. The van der Waals surface area contributed by atoms with E-state index < -0.39 is 19.5 Å². The summed E-state index contributed by atoms with van der Waals surface area (Å²) in [5.74, 6) is -1.53. The van der Waals surface area contributed by atoms with Crippen LogP contribution in [0.2, 0.25) is 0 Å². The lowest BCUT2D eigenvalue weighted by Crippen LogP contribution is -2.35. The van der Waals surface area contributed by atoms with Crippen LogP contribution in [-0.4, -0.2) is 26.8 Å². The van der Waals surface area contributed by atoms with E-state index in [0.29, 0.717) is 6.42 Å². The number of nitrogens with two attached hydrogens (primary N) is 1. The lowest BCUT2D eigenvalue weighted by molar-refractivity contribution is 0.167. The Hall–Kier alpha value is 0.360. The van der Waals surface area contributed by atoms with Crippen LogP contribution in [0.3, 0.4) is 0 Å². The van der Waals surface area contributed by atoms with E-state index in [1.807, 2.05) is 13.8 Å². The van der Waals surface area contributed by atoms with E-state index in [-0.39, 0.29) is 18.3 Å². The highest BCUT2D eigenvalue weighted by atomic mass is 35.5. The molecule has 13 heavy (non-hydrogen) atoms. The van der Waals surface area contributed by atoms with Crippen LogP contribution in [0.25, 0.3) is 0 Å². The lowest BCUT2D eigenvalue weighted by atomic mass is 10.1. The Kier molecular flexibility index (Phi) is 7.25. The predicted octanol–water partition coefficient (Wildman–Crippen LogP) is 0.278. The number of halogens is 1. The number of aliphatic hydroxyl groups is 1. The Morgan fingerprint density at radius 2 is 1.77 bits per heavy atom. The monoisotopic (exact) mass is 233 g/mol. The molecule has 0 fully saturated rings. The molecular weight excluding hydrogens is 216 g/mol. The van der Waals surface area contributed by atoms with E-state index in [2.05, 4.69) is 0 Å². The maximum Gasteiger partial charge on any atom is 0.355 e. The minimum absolute atomic E-state index is 0. The van der Waals surface area contributed by atoms with Gasteiger partial charge in [0, 0.05) is 6.04 Å². The standard InChI is InChI=1S/C6H16NO4P.ClH/c1-4(2)3-5(7)6(8)12(9,10)11;/h4-6,8H,3,7H2,1-2H3,(H2,9,10,11);1H. The minimum atomic E-state index is -4.44. The van der Waals surface area contributed by atoms with Gasteiger partial charge >= 0.3 is 7.60 Å². The highest BCUT2D eigenvalue weighted by molar-refractivity contribution is 7.52. The van der Waals surface area contributed by atoms with Crippen LogP contribution in [-0.2, 0) is 4.57 Å². The average Bonchev–Trinajstić information content (AvgIpc) is 1.82. The van der Waals surface area contributed by atoms with Crippen molar-refractivity contribution in [3.63, 3.8) is 0 Å².